The molecule has 3 N–H and O–H groups in total. The average Bonchev–Trinajstić information content (AvgIpc) is 2.25. The van der Waals surface area contributed by atoms with Crippen molar-refractivity contribution in [2.45, 2.75) is 27.2 Å². The Bertz CT molecular complexity index is 355. The molecule has 1 rings (SSSR count). The molecule has 0 spiro atoms. The summed E-state index contributed by atoms with van der Waals surface area (Å²) in [6, 6.07) is 0. The van der Waals surface area contributed by atoms with Gasteiger partial charge in [-0.2, -0.15) is 0 Å². The lowest BCUT2D eigenvalue weighted by Gasteiger charge is -2.02. The number of hydrogen-bond donors (Lipinski definition) is 2. The second-order valence-electron chi connectivity index (χ2n) is 3.79. The first-order chi connectivity index (χ1) is 6.43. The molecular weight excluding hydrogens is 198 g/mol. The average molecular weight is 213 g/mol. The van der Waals surface area contributed by atoms with Crippen LogP contribution in [-0.4, -0.2) is 11.1 Å². The minimum absolute atomic E-state index is 0.283. The zero-order chi connectivity index (χ0) is 10.9. The molecule has 1 aromatic heterocycles. The lowest BCUT2D eigenvalue weighted by molar-refractivity contribution is 0.0697. The molecule has 4 heteroatoms. The fourth-order valence-electron chi connectivity index (χ4n) is 1.42. The molecule has 1 heterocycles. The Hall–Kier alpha value is -1.03. The third-order valence-corrected chi connectivity index (χ3v) is 3.22. The maximum absolute atomic E-state index is 10.9. The number of nitrogens with two attached hydrogens (primary N) is 1. The maximum Gasteiger partial charge on any atom is 0.338 e. The van der Waals surface area contributed by atoms with Crippen LogP contribution in [0.3, 0.4) is 0 Å². The van der Waals surface area contributed by atoms with Gasteiger partial charge in [-0.3, -0.25) is 0 Å². The summed E-state index contributed by atoms with van der Waals surface area (Å²) in [6.45, 7) is 6.04. The number of carboxylic acids is 1. The standard InChI is InChI=1S/C10H15NO2S/c1-5(2)4-7-6(3)8(10(12)13)9(11)14-7/h5H,4,11H2,1-3H3,(H,12,13). The van der Waals surface area contributed by atoms with E-state index in [4.69, 9.17) is 10.8 Å². The van der Waals surface area contributed by atoms with Gasteiger partial charge in [-0.1, -0.05) is 13.8 Å². The van der Waals surface area contributed by atoms with E-state index in [0.29, 0.717) is 10.9 Å². The van der Waals surface area contributed by atoms with Crippen molar-refractivity contribution >= 4 is 22.3 Å². The molecule has 0 amide bonds. The smallest absolute Gasteiger partial charge is 0.338 e. The molecule has 0 bridgehead atoms. The van der Waals surface area contributed by atoms with Gasteiger partial charge in [-0.05, 0) is 24.8 Å². The Balaban J connectivity index is 3.10. The molecule has 0 saturated carbocycles. The number of nitrogen functional groups attached to an aromatic ring is 1. The van der Waals surface area contributed by atoms with Crippen molar-refractivity contribution in [3.8, 4) is 0 Å². The first-order valence-corrected chi connectivity index (χ1v) is 5.36. The summed E-state index contributed by atoms with van der Waals surface area (Å²) in [7, 11) is 0. The lowest BCUT2D eigenvalue weighted by atomic mass is 10.0. The number of carbonyl (C=O) groups is 1. The van der Waals surface area contributed by atoms with Crippen molar-refractivity contribution in [1.29, 1.82) is 0 Å². The minimum atomic E-state index is -0.925. The number of hydrogen-bond acceptors (Lipinski definition) is 3. The molecule has 0 aromatic carbocycles. The second-order valence-corrected chi connectivity index (χ2v) is 4.93. The van der Waals surface area contributed by atoms with Gasteiger partial charge < -0.3 is 10.8 Å². The zero-order valence-electron chi connectivity index (χ0n) is 8.63. The van der Waals surface area contributed by atoms with Gasteiger partial charge in [0.05, 0.1) is 5.56 Å². The highest BCUT2D eigenvalue weighted by Crippen LogP contribution is 2.31. The number of aromatic carboxylic acids is 1. The third kappa shape index (κ3) is 2.07. The first kappa shape index (κ1) is 11.0. The molecule has 0 aliphatic heterocycles. The van der Waals surface area contributed by atoms with E-state index in [0.717, 1.165) is 16.9 Å². The Morgan fingerprint density at radius 1 is 1.57 bits per heavy atom. The van der Waals surface area contributed by atoms with E-state index >= 15 is 0 Å². The van der Waals surface area contributed by atoms with Crippen molar-refractivity contribution in [2.75, 3.05) is 5.73 Å². The molecule has 0 saturated heterocycles. The maximum atomic E-state index is 10.9. The van der Waals surface area contributed by atoms with Gasteiger partial charge in [-0.15, -0.1) is 11.3 Å². The number of thiophene rings is 1. The zero-order valence-corrected chi connectivity index (χ0v) is 9.44. The van der Waals surface area contributed by atoms with Crippen molar-refractivity contribution < 1.29 is 9.90 Å². The van der Waals surface area contributed by atoms with Crippen LogP contribution >= 0.6 is 11.3 Å². The predicted molar refractivity (Wildman–Crippen MR) is 59.0 cm³/mol. The van der Waals surface area contributed by atoms with Crippen LogP contribution in [0.4, 0.5) is 5.00 Å². The number of rotatable bonds is 3. The molecule has 0 aliphatic rings. The van der Waals surface area contributed by atoms with Crippen LogP contribution < -0.4 is 5.73 Å². The molecule has 0 unspecified atom stereocenters. The summed E-state index contributed by atoms with van der Waals surface area (Å²) in [6.07, 6.45) is 0.897. The molecule has 0 atom stereocenters. The van der Waals surface area contributed by atoms with E-state index in [1.165, 1.54) is 11.3 Å². The van der Waals surface area contributed by atoms with E-state index in [1.807, 2.05) is 6.92 Å². The Labute approximate surface area is 87.6 Å². The number of carboxylic acid groups (broad SMARTS) is 1. The van der Waals surface area contributed by atoms with Gasteiger partial charge in [0, 0.05) is 4.88 Å². The van der Waals surface area contributed by atoms with E-state index in [9.17, 15) is 4.79 Å². The predicted octanol–water partition coefficient (Wildman–Crippen LogP) is 2.54. The van der Waals surface area contributed by atoms with Gasteiger partial charge in [0.25, 0.3) is 0 Å². The summed E-state index contributed by atoms with van der Waals surface area (Å²) >= 11 is 1.39. The van der Waals surface area contributed by atoms with Crippen molar-refractivity contribution in [3.05, 3.63) is 16.0 Å². The monoisotopic (exact) mass is 213 g/mol. The molecule has 1 aromatic rings. The topological polar surface area (TPSA) is 63.3 Å². The van der Waals surface area contributed by atoms with Gasteiger partial charge in [0.1, 0.15) is 5.00 Å². The largest absolute Gasteiger partial charge is 0.478 e. The molecule has 3 nitrogen and oxygen atoms in total. The highest BCUT2D eigenvalue weighted by molar-refractivity contribution is 7.16. The quantitative estimate of drug-likeness (QED) is 0.811. The highest BCUT2D eigenvalue weighted by Gasteiger charge is 2.18. The highest BCUT2D eigenvalue weighted by atomic mass is 32.1. The Kier molecular flexibility index (Phi) is 3.16. The molecule has 0 aliphatic carbocycles. The lowest BCUT2D eigenvalue weighted by Crippen LogP contribution is -2.01. The van der Waals surface area contributed by atoms with E-state index < -0.39 is 5.97 Å². The first-order valence-electron chi connectivity index (χ1n) is 4.54. The number of anilines is 1. The Morgan fingerprint density at radius 3 is 2.50 bits per heavy atom. The normalized spacial score (nSPS) is 10.9. The van der Waals surface area contributed by atoms with E-state index in [-0.39, 0.29) is 5.56 Å². The van der Waals surface area contributed by atoms with E-state index in [2.05, 4.69) is 13.8 Å². The molecule has 0 fully saturated rings. The molecular formula is C10H15NO2S. The van der Waals surface area contributed by atoms with E-state index in [1.54, 1.807) is 0 Å². The van der Waals surface area contributed by atoms with Crippen LogP contribution in [0.2, 0.25) is 0 Å². The third-order valence-electron chi connectivity index (χ3n) is 2.08. The van der Waals surface area contributed by atoms with Crippen molar-refractivity contribution in [2.24, 2.45) is 5.92 Å². The summed E-state index contributed by atoms with van der Waals surface area (Å²) in [5.74, 6) is -0.403. The molecule has 78 valence electrons. The van der Waals surface area contributed by atoms with Gasteiger partial charge in [0.15, 0.2) is 0 Å². The molecule has 0 radical (unpaired) electrons. The van der Waals surface area contributed by atoms with Gasteiger partial charge >= 0.3 is 5.97 Å². The van der Waals surface area contributed by atoms with Crippen LogP contribution in [0.25, 0.3) is 0 Å². The van der Waals surface area contributed by atoms with Crippen LogP contribution in [0.1, 0.15) is 34.6 Å². The second kappa shape index (κ2) is 4.00. The summed E-state index contributed by atoms with van der Waals surface area (Å²) < 4.78 is 0. The Morgan fingerprint density at radius 2 is 2.14 bits per heavy atom. The fourth-order valence-corrected chi connectivity index (χ4v) is 2.70. The van der Waals surface area contributed by atoms with Gasteiger partial charge in [-0.25, -0.2) is 4.79 Å². The van der Waals surface area contributed by atoms with Crippen LogP contribution in [0.15, 0.2) is 0 Å². The van der Waals surface area contributed by atoms with Gasteiger partial charge in [0.2, 0.25) is 0 Å². The van der Waals surface area contributed by atoms with Crippen molar-refractivity contribution in [3.63, 3.8) is 0 Å². The minimum Gasteiger partial charge on any atom is -0.478 e. The summed E-state index contributed by atoms with van der Waals surface area (Å²) in [5.41, 5.74) is 6.77. The summed E-state index contributed by atoms with van der Waals surface area (Å²) in [5, 5.41) is 9.34. The fraction of sp³-hybridized carbons (Fsp3) is 0.500. The van der Waals surface area contributed by atoms with Crippen LogP contribution in [0.5, 0.6) is 0 Å². The SMILES string of the molecule is Cc1c(CC(C)C)sc(N)c1C(=O)O. The van der Waals surface area contributed by atoms with Crippen LogP contribution in [-0.2, 0) is 6.42 Å². The van der Waals surface area contributed by atoms with Crippen LogP contribution in [0, 0.1) is 12.8 Å². The van der Waals surface area contributed by atoms with Crippen molar-refractivity contribution in [1.82, 2.24) is 0 Å². The summed E-state index contributed by atoms with van der Waals surface area (Å²) in [4.78, 5) is 12.0. The molecule has 14 heavy (non-hydrogen) atoms.